The molecule has 154 valence electrons. The summed E-state index contributed by atoms with van der Waals surface area (Å²) in [5, 5.41) is 10.6. The molecule has 28 heavy (non-hydrogen) atoms. The highest BCUT2D eigenvalue weighted by Gasteiger charge is 2.45. The highest BCUT2D eigenvalue weighted by Crippen LogP contribution is 2.30. The summed E-state index contributed by atoms with van der Waals surface area (Å²) in [5.74, 6) is -1.98. The molecule has 1 aromatic carbocycles. The number of nitro benzene ring substituents is 1. The van der Waals surface area contributed by atoms with Crippen molar-refractivity contribution in [3.05, 3.63) is 39.9 Å². The first kappa shape index (κ1) is 21.5. The number of nitro groups is 1. The van der Waals surface area contributed by atoms with Crippen LogP contribution in [0.1, 0.15) is 32.8 Å². The fraction of sp³-hybridized carbons (Fsp3) is 0.556. The van der Waals surface area contributed by atoms with Crippen LogP contribution < -0.4 is 0 Å². The lowest BCUT2D eigenvalue weighted by atomic mass is 10.1. The fourth-order valence-electron chi connectivity index (χ4n) is 2.76. The van der Waals surface area contributed by atoms with Crippen LogP contribution in [0.3, 0.4) is 0 Å². The minimum Gasteiger partial charge on any atom is -0.459 e. The van der Waals surface area contributed by atoms with Gasteiger partial charge < -0.3 is 9.47 Å². The molecule has 0 unspecified atom stereocenters. The third-order valence-electron chi connectivity index (χ3n) is 4.12. The molecule has 0 saturated carbocycles. The Hall–Kier alpha value is -2.78. The Balaban J connectivity index is 2.05. The van der Waals surface area contributed by atoms with Crippen LogP contribution in [0.5, 0.6) is 0 Å². The summed E-state index contributed by atoms with van der Waals surface area (Å²) in [5.41, 5.74) is -0.458. The number of likely N-dealkylation sites (tertiary alicyclic amines) is 1. The lowest BCUT2D eigenvalue weighted by Gasteiger charge is -2.27. The monoisotopic (exact) mass is 400 g/mol. The first-order valence-electron chi connectivity index (χ1n) is 8.65. The highest BCUT2D eigenvalue weighted by molar-refractivity contribution is 5.82. The molecule has 0 spiro atoms. The molecule has 8 nitrogen and oxygen atoms in total. The quantitative estimate of drug-likeness (QED) is 0.426. The molecule has 0 N–H and O–H groups in total. The Kier molecular flexibility index (Phi) is 6.52. The van der Waals surface area contributed by atoms with E-state index in [1.165, 1.54) is 24.3 Å². The first-order valence-corrected chi connectivity index (χ1v) is 8.65. The summed E-state index contributed by atoms with van der Waals surface area (Å²) in [6.07, 6.45) is -3.76. The third-order valence-corrected chi connectivity index (χ3v) is 4.12. The summed E-state index contributed by atoms with van der Waals surface area (Å²) < 4.78 is 36.6. The van der Waals surface area contributed by atoms with Crippen LogP contribution in [0.15, 0.2) is 24.3 Å². The molecule has 1 heterocycles. The summed E-state index contributed by atoms with van der Waals surface area (Å²) in [7, 11) is 0. The minimum absolute atomic E-state index is 0.109. The number of halogens is 2. The molecule has 0 bridgehead atoms. The number of hydrogen-bond donors (Lipinski definition) is 0. The van der Waals surface area contributed by atoms with Gasteiger partial charge in [0.05, 0.1) is 4.92 Å². The second-order valence-corrected chi connectivity index (χ2v) is 7.51. The summed E-state index contributed by atoms with van der Waals surface area (Å²) in [6, 6.07) is 4.20. The summed E-state index contributed by atoms with van der Waals surface area (Å²) in [4.78, 5) is 35.8. The molecular weight excluding hydrogens is 378 g/mol. The standard InChI is InChI=1S/C18H22F2N2O6/c1-18(2,3)28-17(24)21-9-12(15(19)20)8-14(21)16(23)27-10-11-4-6-13(7-5-11)22(25)26/h4-7,12,14-15H,8-10H2,1-3H3/t12-,14-/m0/s1. The van der Waals surface area contributed by atoms with Crippen LogP contribution >= 0.6 is 0 Å². The van der Waals surface area contributed by atoms with E-state index in [0.717, 1.165) is 4.90 Å². The maximum atomic E-state index is 13.1. The van der Waals surface area contributed by atoms with Crippen LogP contribution in [-0.2, 0) is 20.9 Å². The molecule has 0 aromatic heterocycles. The van der Waals surface area contributed by atoms with E-state index in [-0.39, 0.29) is 25.3 Å². The maximum Gasteiger partial charge on any atom is 0.411 e. The average molecular weight is 400 g/mol. The van der Waals surface area contributed by atoms with Gasteiger partial charge in [-0.2, -0.15) is 0 Å². The summed E-state index contributed by atoms with van der Waals surface area (Å²) >= 11 is 0. The number of carbonyl (C=O) groups is 2. The predicted octanol–water partition coefficient (Wildman–Crippen LogP) is 3.53. The van der Waals surface area contributed by atoms with Gasteiger partial charge in [-0.05, 0) is 44.9 Å². The van der Waals surface area contributed by atoms with E-state index in [2.05, 4.69) is 0 Å². The Morgan fingerprint density at radius 1 is 1.29 bits per heavy atom. The number of hydrogen-bond acceptors (Lipinski definition) is 6. The third kappa shape index (κ3) is 5.61. The minimum atomic E-state index is -2.68. The van der Waals surface area contributed by atoms with E-state index in [4.69, 9.17) is 9.47 Å². The number of carbonyl (C=O) groups excluding carboxylic acids is 2. The van der Waals surface area contributed by atoms with Gasteiger partial charge in [0, 0.05) is 24.6 Å². The van der Waals surface area contributed by atoms with Crippen molar-refractivity contribution in [3.8, 4) is 0 Å². The normalized spacial score (nSPS) is 19.6. The number of rotatable bonds is 5. The number of esters is 1. The fourth-order valence-corrected chi connectivity index (χ4v) is 2.76. The van der Waals surface area contributed by atoms with Crippen LogP contribution in [0.4, 0.5) is 19.3 Å². The van der Waals surface area contributed by atoms with Crippen LogP contribution in [-0.4, -0.2) is 46.5 Å². The van der Waals surface area contributed by atoms with Crippen molar-refractivity contribution < 1.29 is 32.8 Å². The van der Waals surface area contributed by atoms with E-state index >= 15 is 0 Å². The van der Waals surface area contributed by atoms with Gasteiger partial charge in [0.2, 0.25) is 6.43 Å². The Labute approximate surface area is 160 Å². The average Bonchev–Trinajstić information content (AvgIpc) is 3.04. The molecule has 1 amide bonds. The SMILES string of the molecule is CC(C)(C)OC(=O)N1C[C@@H](C(F)F)C[C@H]1C(=O)OCc1ccc([N+](=O)[O-])cc1. The molecule has 0 aliphatic carbocycles. The topological polar surface area (TPSA) is 99.0 Å². The Morgan fingerprint density at radius 2 is 1.89 bits per heavy atom. The molecule has 0 radical (unpaired) electrons. The van der Waals surface area contributed by atoms with Gasteiger partial charge in [-0.15, -0.1) is 0 Å². The Morgan fingerprint density at radius 3 is 2.39 bits per heavy atom. The smallest absolute Gasteiger partial charge is 0.411 e. The molecule has 1 aliphatic heterocycles. The number of alkyl halides is 2. The van der Waals surface area contributed by atoms with Gasteiger partial charge in [0.25, 0.3) is 5.69 Å². The number of nitrogens with zero attached hydrogens (tertiary/aromatic N) is 2. The molecule has 1 fully saturated rings. The van der Waals surface area contributed by atoms with Gasteiger partial charge >= 0.3 is 12.1 Å². The lowest BCUT2D eigenvalue weighted by Crippen LogP contribution is -2.44. The van der Waals surface area contributed by atoms with E-state index in [1.807, 2.05) is 0 Å². The second-order valence-electron chi connectivity index (χ2n) is 7.51. The molecular formula is C18H22F2N2O6. The predicted molar refractivity (Wildman–Crippen MR) is 93.7 cm³/mol. The number of amides is 1. The molecule has 2 atom stereocenters. The number of non-ortho nitro benzene ring substituents is 1. The van der Waals surface area contributed by atoms with Gasteiger partial charge in [-0.1, -0.05) is 0 Å². The van der Waals surface area contributed by atoms with E-state index in [1.54, 1.807) is 20.8 Å². The number of ether oxygens (including phenoxy) is 2. The van der Waals surface area contributed by atoms with Crippen molar-refractivity contribution in [2.45, 2.75) is 51.9 Å². The molecule has 2 rings (SSSR count). The van der Waals surface area contributed by atoms with E-state index in [0.29, 0.717) is 5.56 Å². The van der Waals surface area contributed by atoms with E-state index < -0.39 is 41.0 Å². The van der Waals surface area contributed by atoms with Gasteiger partial charge in [0.1, 0.15) is 18.2 Å². The zero-order valence-electron chi connectivity index (χ0n) is 15.8. The zero-order valence-corrected chi connectivity index (χ0v) is 15.8. The van der Waals surface area contributed by atoms with Crippen molar-refractivity contribution in [2.75, 3.05) is 6.54 Å². The highest BCUT2D eigenvalue weighted by atomic mass is 19.3. The van der Waals surface area contributed by atoms with E-state index in [9.17, 15) is 28.5 Å². The van der Waals surface area contributed by atoms with Gasteiger partial charge in [0.15, 0.2) is 0 Å². The molecule has 1 aromatic rings. The van der Waals surface area contributed by atoms with Crippen LogP contribution in [0, 0.1) is 16.0 Å². The van der Waals surface area contributed by atoms with Crippen molar-refractivity contribution in [1.29, 1.82) is 0 Å². The maximum absolute atomic E-state index is 13.1. The van der Waals surface area contributed by atoms with Gasteiger partial charge in [-0.25, -0.2) is 18.4 Å². The Bertz CT molecular complexity index is 733. The second kappa shape index (κ2) is 8.49. The number of benzene rings is 1. The molecule has 1 saturated heterocycles. The summed E-state index contributed by atoms with van der Waals surface area (Å²) in [6.45, 7) is 4.40. The van der Waals surface area contributed by atoms with Crippen LogP contribution in [0.25, 0.3) is 0 Å². The van der Waals surface area contributed by atoms with Crippen molar-refractivity contribution >= 4 is 17.7 Å². The van der Waals surface area contributed by atoms with Crippen molar-refractivity contribution in [1.82, 2.24) is 4.90 Å². The zero-order chi connectivity index (χ0) is 21.1. The lowest BCUT2D eigenvalue weighted by molar-refractivity contribution is -0.384. The van der Waals surface area contributed by atoms with Crippen molar-refractivity contribution in [3.63, 3.8) is 0 Å². The largest absolute Gasteiger partial charge is 0.459 e. The van der Waals surface area contributed by atoms with Gasteiger partial charge in [-0.3, -0.25) is 15.0 Å². The van der Waals surface area contributed by atoms with Crippen LogP contribution in [0.2, 0.25) is 0 Å². The first-order chi connectivity index (χ1) is 13.0. The van der Waals surface area contributed by atoms with Crippen molar-refractivity contribution in [2.24, 2.45) is 5.92 Å². The molecule has 10 heteroatoms. The molecule has 1 aliphatic rings.